The number of hydrogen-bond acceptors (Lipinski definition) is 3. The summed E-state index contributed by atoms with van der Waals surface area (Å²) in [4.78, 5) is 22.9. The molecule has 0 aliphatic rings. The molecule has 0 saturated heterocycles. The summed E-state index contributed by atoms with van der Waals surface area (Å²) in [7, 11) is 0. The summed E-state index contributed by atoms with van der Waals surface area (Å²) >= 11 is 0. The number of nitrogens with one attached hydrogen (secondary N) is 1. The van der Waals surface area contributed by atoms with Gasteiger partial charge in [-0.3, -0.25) is 4.79 Å². The third kappa shape index (κ3) is 13.6. The lowest BCUT2D eigenvalue weighted by atomic mass is 10.0. The Morgan fingerprint density at radius 3 is 2.32 bits per heavy atom. The van der Waals surface area contributed by atoms with Gasteiger partial charge in [-0.15, -0.1) is 0 Å². The molecule has 4 heteroatoms. The van der Waals surface area contributed by atoms with Crippen molar-refractivity contribution >= 4 is 12.4 Å². The number of carbonyl (C=O) groups excluding carboxylic acids is 2. The van der Waals surface area contributed by atoms with E-state index in [1.165, 1.54) is 32.1 Å². The number of unbranched alkanes of at least 4 members (excludes halogenated alkanes) is 5. The Hall–Kier alpha value is -1.32. The van der Waals surface area contributed by atoms with Crippen molar-refractivity contribution in [2.75, 3.05) is 0 Å². The zero-order valence-corrected chi connectivity index (χ0v) is 16.8. The highest BCUT2D eigenvalue weighted by Gasteiger charge is 2.23. The van der Waals surface area contributed by atoms with Gasteiger partial charge < -0.3 is 10.1 Å². The van der Waals surface area contributed by atoms with Gasteiger partial charge in [0.05, 0.1) is 0 Å². The van der Waals surface area contributed by atoms with Crippen molar-refractivity contribution in [3.8, 4) is 0 Å². The van der Waals surface area contributed by atoms with Crippen LogP contribution in [0.25, 0.3) is 0 Å². The van der Waals surface area contributed by atoms with Gasteiger partial charge in [-0.25, -0.2) is 4.79 Å². The molecule has 0 aliphatic heterocycles. The predicted molar refractivity (Wildman–Crippen MR) is 104 cm³/mol. The summed E-state index contributed by atoms with van der Waals surface area (Å²) in [6.45, 7) is 8.31. The monoisotopic (exact) mass is 353 g/mol. The molecular weight excluding hydrogens is 314 g/mol. The number of esters is 1. The van der Waals surface area contributed by atoms with Crippen molar-refractivity contribution in [1.29, 1.82) is 0 Å². The van der Waals surface area contributed by atoms with Crippen LogP contribution >= 0.6 is 0 Å². The molecule has 0 aromatic heterocycles. The first-order valence-electron chi connectivity index (χ1n) is 10.1. The van der Waals surface area contributed by atoms with E-state index in [4.69, 9.17) is 4.74 Å². The first kappa shape index (κ1) is 23.7. The van der Waals surface area contributed by atoms with Crippen molar-refractivity contribution in [3.05, 3.63) is 12.2 Å². The van der Waals surface area contributed by atoms with Crippen LogP contribution < -0.4 is 5.32 Å². The van der Waals surface area contributed by atoms with Crippen LogP contribution in [0.5, 0.6) is 0 Å². The molecular formula is C21H39NO3. The molecule has 0 aromatic rings. The molecule has 0 radical (unpaired) electrons. The molecule has 25 heavy (non-hydrogen) atoms. The highest BCUT2D eigenvalue weighted by atomic mass is 16.5. The van der Waals surface area contributed by atoms with Crippen LogP contribution in [-0.4, -0.2) is 24.5 Å². The van der Waals surface area contributed by atoms with Gasteiger partial charge in [-0.1, -0.05) is 65.5 Å². The smallest absolute Gasteiger partial charge is 0.328 e. The second kappa shape index (κ2) is 16.2. The quantitative estimate of drug-likeness (QED) is 0.180. The standard InChI is InChI=1S/C21H39NO3/c1-5-7-8-9-10-11-12-13-14-15-19(6-2)25-21(24)20(22-17-23)16-18(3)4/h12-13,17-20H,5-11,14-16H2,1-4H3,(H,22,23)/b13-12+/t19-,20+/m1/s1. The Bertz CT molecular complexity index is 366. The van der Waals surface area contributed by atoms with E-state index in [2.05, 4.69) is 24.4 Å². The van der Waals surface area contributed by atoms with Crippen molar-refractivity contribution < 1.29 is 14.3 Å². The summed E-state index contributed by atoms with van der Waals surface area (Å²) < 4.78 is 5.59. The Morgan fingerprint density at radius 2 is 1.72 bits per heavy atom. The van der Waals surface area contributed by atoms with Crippen LogP contribution in [0, 0.1) is 5.92 Å². The van der Waals surface area contributed by atoms with Crippen LogP contribution in [0.15, 0.2) is 12.2 Å². The number of ether oxygens (including phenoxy) is 1. The van der Waals surface area contributed by atoms with Gasteiger partial charge in [0.2, 0.25) is 6.41 Å². The molecule has 1 N–H and O–H groups in total. The number of rotatable bonds is 16. The molecule has 0 aliphatic carbocycles. The van der Waals surface area contributed by atoms with Gasteiger partial charge in [-0.05, 0) is 44.4 Å². The number of carbonyl (C=O) groups is 2. The van der Waals surface area contributed by atoms with Gasteiger partial charge in [0, 0.05) is 0 Å². The highest BCUT2D eigenvalue weighted by Crippen LogP contribution is 2.13. The molecule has 0 aromatic carbocycles. The second-order valence-electron chi connectivity index (χ2n) is 7.19. The molecule has 0 heterocycles. The number of allylic oxidation sites excluding steroid dienone is 2. The first-order chi connectivity index (χ1) is 12.0. The normalized spacial score (nSPS) is 13.8. The van der Waals surface area contributed by atoms with E-state index in [0.29, 0.717) is 18.7 Å². The third-order valence-corrected chi connectivity index (χ3v) is 4.30. The van der Waals surface area contributed by atoms with Crippen LogP contribution in [0.1, 0.15) is 91.9 Å². The summed E-state index contributed by atoms with van der Waals surface area (Å²) in [5.74, 6) is 0.0119. The lowest BCUT2D eigenvalue weighted by Gasteiger charge is -2.21. The van der Waals surface area contributed by atoms with Gasteiger partial charge in [0.1, 0.15) is 12.1 Å². The lowest BCUT2D eigenvalue weighted by Crippen LogP contribution is -2.40. The Balaban J connectivity index is 4.06. The maximum atomic E-state index is 12.2. The largest absolute Gasteiger partial charge is 0.461 e. The van der Waals surface area contributed by atoms with E-state index < -0.39 is 6.04 Å². The predicted octanol–water partition coefficient (Wildman–Crippen LogP) is 5.17. The van der Waals surface area contributed by atoms with Crippen LogP contribution in [0.2, 0.25) is 0 Å². The summed E-state index contributed by atoms with van der Waals surface area (Å²) in [6, 6.07) is -0.537. The molecule has 0 spiro atoms. The zero-order chi connectivity index (χ0) is 18.9. The van der Waals surface area contributed by atoms with Crippen molar-refractivity contribution in [1.82, 2.24) is 5.32 Å². The molecule has 0 rings (SSSR count). The summed E-state index contributed by atoms with van der Waals surface area (Å²) in [5, 5.41) is 2.58. The van der Waals surface area contributed by atoms with Crippen molar-refractivity contribution in [2.24, 2.45) is 5.92 Å². The minimum atomic E-state index is -0.537. The molecule has 0 saturated carbocycles. The van der Waals surface area contributed by atoms with Crippen molar-refractivity contribution in [2.45, 2.75) is 104 Å². The zero-order valence-electron chi connectivity index (χ0n) is 16.8. The average Bonchev–Trinajstić information content (AvgIpc) is 2.58. The van der Waals surface area contributed by atoms with Crippen molar-refractivity contribution in [3.63, 3.8) is 0 Å². The van der Waals surface area contributed by atoms with E-state index in [-0.39, 0.29) is 12.1 Å². The highest BCUT2D eigenvalue weighted by molar-refractivity contribution is 5.78. The number of amides is 1. The maximum Gasteiger partial charge on any atom is 0.328 e. The Labute approximate surface area is 154 Å². The minimum absolute atomic E-state index is 0.0789. The Kier molecular flexibility index (Phi) is 15.3. The van der Waals surface area contributed by atoms with Gasteiger partial charge in [0.15, 0.2) is 0 Å². The third-order valence-electron chi connectivity index (χ3n) is 4.30. The van der Waals surface area contributed by atoms with Crippen LogP contribution in [0.3, 0.4) is 0 Å². The minimum Gasteiger partial charge on any atom is -0.461 e. The van der Waals surface area contributed by atoms with E-state index in [1.54, 1.807) is 0 Å². The number of hydrogen-bond donors (Lipinski definition) is 1. The maximum absolute atomic E-state index is 12.2. The summed E-state index contributed by atoms with van der Waals surface area (Å²) in [5.41, 5.74) is 0. The molecule has 4 nitrogen and oxygen atoms in total. The van der Waals surface area contributed by atoms with E-state index >= 15 is 0 Å². The van der Waals surface area contributed by atoms with Gasteiger partial charge in [0.25, 0.3) is 0 Å². The van der Waals surface area contributed by atoms with Gasteiger partial charge >= 0.3 is 5.97 Å². The molecule has 1 amide bonds. The topological polar surface area (TPSA) is 55.4 Å². The molecule has 0 fully saturated rings. The molecule has 0 unspecified atom stereocenters. The first-order valence-corrected chi connectivity index (χ1v) is 10.1. The van der Waals surface area contributed by atoms with E-state index in [0.717, 1.165) is 25.7 Å². The fourth-order valence-corrected chi connectivity index (χ4v) is 2.76. The van der Waals surface area contributed by atoms with E-state index in [1.807, 2.05) is 20.8 Å². The lowest BCUT2D eigenvalue weighted by molar-refractivity contribution is -0.153. The van der Waals surface area contributed by atoms with E-state index in [9.17, 15) is 9.59 Å². The fourth-order valence-electron chi connectivity index (χ4n) is 2.76. The van der Waals surface area contributed by atoms with Crippen LogP contribution in [0.4, 0.5) is 0 Å². The SMILES string of the molecule is CCCCCCC/C=C/CC[C@@H](CC)OC(=O)[C@H](CC(C)C)NC=O. The molecule has 0 bridgehead atoms. The van der Waals surface area contributed by atoms with Crippen LogP contribution in [-0.2, 0) is 14.3 Å². The fraction of sp³-hybridized carbons (Fsp3) is 0.810. The van der Waals surface area contributed by atoms with Gasteiger partial charge in [-0.2, -0.15) is 0 Å². The molecule has 2 atom stereocenters. The second-order valence-corrected chi connectivity index (χ2v) is 7.19. The summed E-state index contributed by atoms with van der Waals surface area (Å²) in [6.07, 6.45) is 15.8. The Morgan fingerprint density at radius 1 is 1.04 bits per heavy atom. The average molecular weight is 354 g/mol. The molecule has 146 valence electrons.